The van der Waals surface area contributed by atoms with Crippen molar-refractivity contribution in [1.29, 1.82) is 0 Å². The van der Waals surface area contributed by atoms with Gasteiger partial charge in [-0.15, -0.1) is 0 Å². The van der Waals surface area contributed by atoms with E-state index < -0.39 is 0 Å². The van der Waals surface area contributed by atoms with E-state index in [1.54, 1.807) is 0 Å². The van der Waals surface area contributed by atoms with Crippen molar-refractivity contribution in [3.63, 3.8) is 0 Å². The maximum Gasteiger partial charge on any atom is 0.126 e. The molecule has 0 spiro atoms. The summed E-state index contributed by atoms with van der Waals surface area (Å²) < 4.78 is 5.64. The number of nitrogens with one attached hydrogen (secondary N) is 1. The number of aromatic nitrogens is 1. The molecule has 0 unspecified atom stereocenters. The van der Waals surface area contributed by atoms with E-state index in [1.807, 2.05) is 18.2 Å². The van der Waals surface area contributed by atoms with Crippen LogP contribution in [-0.2, 0) is 11.3 Å². The van der Waals surface area contributed by atoms with Gasteiger partial charge in [0, 0.05) is 13.2 Å². The fraction of sp³-hybridized carbons (Fsp3) is 0.643. The topological polar surface area (TPSA) is 34.1 Å². The summed E-state index contributed by atoms with van der Waals surface area (Å²) in [4.78, 5) is 4.51. The summed E-state index contributed by atoms with van der Waals surface area (Å²) in [6.07, 6.45) is 5.13. The zero-order valence-corrected chi connectivity index (χ0v) is 10.6. The summed E-state index contributed by atoms with van der Waals surface area (Å²) in [5, 5.41) is 3.29. The first-order valence-corrected chi connectivity index (χ1v) is 6.66. The average molecular weight is 234 g/mol. The molecule has 0 amide bonds. The molecule has 17 heavy (non-hydrogen) atoms. The van der Waals surface area contributed by atoms with Crippen LogP contribution in [0.5, 0.6) is 0 Å². The minimum Gasteiger partial charge on any atom is -0.375 e. The van der Waals surface area contributed by atoms with E-state index in [9.17, 15) is 0 Å². The van der Waals surface area contributed by atoms with Crippen molar-refractivity contribution in [2.24, 2.45) is 5.92 Å². The van der Waals surface area contributed by atoms with Crippen LogP contribution in [0.4, 0.5) is 5.82 Å². The highest BCUT2D eigenvalue weighted by molar-refractivity contribution is 5.34. The van der Waals surface area contributed by atoms with E-state index >= 15 is 0 Å². The Balaban J connectivity index is 1.70. The lowest BCUT2D eigenvalue weighted by Gasteiger charge is -2.07. The summed E-state index contributed by atoms with van der Waals surface area (Å²) in [6.45, 7) is 4.63. The van der Waals surface area contributed by atoms with Gasteiger partial charge in [-0.2, -0.15) is 0 Å². The fourth-order valence-electron chi connectivity index (χ4n) is 1.74. The molecule has 1 heterocycles. The van der Waals surface area contributed by atoms with Gasteiger partial charge in [0.1, 0.15) is 5.82 Å². The summed E-state index contributed by atoms with van der Waals surface area (Å²) in [7, 11) is 0. The first kappa shape index (κ1) is 12.4. The number of hydrogen-bond acceptors (Lipinski definition) is 3. The molecule has 0 saturated heterocycles. The molecule has 0 aromatic carbocycles. The lowest BCUT2D eigenvalue weighted by molar-refractivity contribution is 0.112. The largest absolute Gasteiger partial charge is 0.375 e. The van der Waals surface area contributed by atoms with E-state index in [1.165, 1.54) is 19.3 Å². The van der Waals surface area contributed by atoms with E-state index in [2.05, 4.69) is 17.2 Å². The number of nitrogens with zero attached hydrogens (tertiary/aromatic N) is 1. The minimum absolute atomic E-state index is 0.633. The zero-order valence-electron chi connectivity index (χ0n) is 10.6. The van der Waals surface area contributed by atoms with Crippen LogP contribution in [-0.4, -0.2) is 18.1 Å². The molecule has 1 aromatic heterocycles. The quantitative estimate of drug-likeness (QED) is 0.701. The first-order valence-electron chi connectivity index (χ1n) is 6.66. The molecular formula is C14H22N2O. The molecule has 1 fully saturated rings. The molecule has 1 aliphatic carbocycles. The van der Waals surface area contributed by atoms with Gasteiger partial charge in [-0.3, -0.25) is 0 Å². The SMILES string of the molecule is CCCNc1cccc(COCCC2CC2)n1. The predicted octanol–water partition coefficient (Wildman–Crippen LogP) is 3.22. The van der Waals surface area contributed by atoms with Gasteiger partial charge in [0.2, 0.25) is 0 Å². The Morgan fingerprint density at radius 2 is 2.29 bits per heavy atom. The van der Waals surface area contributed by atoms with Gasteiger partial charge in [-0.1, -0.05) is 25.8 Å². The van der Waals surface area contributed by atoms with Crippen LogP contribution in [0.3, 0.4) is 0 Å². The average Bonchev–Trinajstić information content (AvgIpc) is 3.17. The van der Waals surface area contributed by atoms with Gasteiger partial charge in [-0.05, 0) is 30.9 Å². The summed E-state index contributed by atoms with van der Waals surface area (Å²) in [5.74, 6) is 1.90. The third-order valence-corrected chi connectivity index (χ3v) is 2.98. The molecule has 1 aliphatic rings. The van der Waals surface area contributed by atoms with Crippen LogP contribution in [0.2, 0.25) is 0 Å². The summed E-state index contributed by atoms with van der Waals surface area (Å²) >= 11 is 0. The van der Waals surface area contributed by atoms with Gasteiger partial charge in [0.05, 0.1) is 12.3 Å². The molecule has 0 bridgehead atoms. The second kappa shape index (κ2) is 6.60. The van der Waals surface area contributed by atoms with E-state index in [-0.39, 0.29) is 0 Å². The third kappa shape index (κ3) is 4.73. The van der Waals surface area contributed by atoms with Gasteiger partial charge in [0.25, 0.3) is 0 Å². The van der Waals surface area contributed by atoms with Gasteiger partial charge >= 0.3 is 0 Å². The lowest BCUT2D eigenvalue weighted by atomic mass is 10.3. The normalized spacial score (nSPS) is 14.9. The predicted molar refractivity (Wildman–Crippen MR) is 70.0 cm³/mol. The number of anilines is 1. The molecule has 0 radical (unpaired) electrons. The maximum absolute atomic E-state index is 5.64. The number of pyridine rings is 1. The number of ether oxygens (including phenoxy) is 1. The Morgan fingerprint density at radius 3 is 3.06 bits per heavy atom. The number of hydrogen-bond donors (Lipinski definition) is 1. The van der Waals surface area contributed by atoms with E-state index in [4.69, 9.17) is 4.74 Å². The standard InChI is InChI=1S/C14H22N2O/c1-2-9-15-14-5-3-4-13(16-14)11-17-10-8-12-6-7-12/h3-5,12H,2,6-11H2,1H3,(H,15,16). The highest BCUT2D eigenvalue weighted by atomic mass is 16.5. The Hall–Kier alpha value is -1.09. The van der Waals surface area contributed by atoms with Crippen molar-refractivity contribution in [1.82, 2.24) is 4.98 Å². The monoisotopic (exact) mass is 234 g/mol. The van der Waals surface area contributed by atoms with Crippen LogP contribution >= 0.6 is 0 Å². The second-order valence-electron chi connectivity index (χ2n) is 4.73. The Labute approximate surface area is 104 Å². The second-order valence-corrected chi connectivity index (χ2v) is 4.73. The number of rotatable bonds is 8. The molecule has 1 saturated carbocycles. The van der Waals surface area contributed by atoms with Crippen molar-refractivity contribution in [2.75, 3.05) is 18.5 Å². The highest BCUT2D eigenvalue weighted by Gasteiger charge is 2.20. The molecule has 0 atom stereocenters. The van der Waals surface area contributed by atoms with Crippen LogP contribution in [0.25, 0.3) is 0 Å². The molecule has 0 aliphatic heterocycles. The highest BCUT2D eigenvalue weighted by Crippen LogP contribution is 2.32. The molecule has 2 rings (SSSR count). The van der Waals surface area contributed by atoms with Crippen LogP contribution in [0.1, 0.15) is 38.3 Å². The van der Waals surface area contributed by atoms with Crippen molar-refractivity contribution in [3.05, 3.63) is 23.9 Å². The fourth-order valence-corrected chi connectivity index (χ4v) is 1.74. The molecule has 3 heteroatoms. The Bertz CT molecular complexity index is 337. The Kier molecular flexibility index (Phi) is 4.80. The van der Waals surface area contributed by atoms with Crippen LogP contribution < -0.4 is 5.32 Å². The van der Waals surface area contributed by atoms with Crippen molar-refractivity contribution in [2.45, 2.75) is 39.2 Å². The zero-order chi connectivity index (χ0) is 11.9. The van der Waals surface area contributed by atoms with Crippen LogP contribution in [0, 0.1) is 5.92 Å². The lowest BCUT2D eigenvalue weighted by Crippen LogP contribution is -2.04. The van der Waals surface area contributed by atoms with Gasteiger partial charge in [0.15, 0.2) is 0 Å². The molecular weight excluding hydrogens is 212 g/mol. The molecule has 94 valence electrons. The van der Waals surface area contributed by atoms with E-state index in [0.717, 1.165) is 37.0 Å². The van der Waals surface area contributed by atoms with Crippen LogP contribution in [0.15, 0.2) is 18.2 Å². The van der Waals surface area contributed by atoms with Gasteiger partial charge in [-0.25, -0.2) is 4.98 Å². The summed E-state index contributed by atoms with van der Waals surface area (Å²) in [5.41, 5.74) is 1.02. The van der Waals surface area contributed by atoms with Gasteiger partial charge < -0.3 is 10.1 Å². The molecule has 3 nitrogen and oxygen atoms in total. The van der Waals surface area contributed by atoms with Crippen molar-refractivity contribution >= 4 is 5.82 Å². The molecule has 1 N–H and O–H groups in total. The minimum atomic E-state index is 0.633. The van der Waals surface area contributed by atoms with Crippen molar-refractivity contribution in [3.8, 4) is 0 Å². The Morgan fingerprint density at radius 1 is 1.41 bits per heavy atom. The van der Waals surface area contributed by atoms with Crippen molar-refractivity contribution < 1.29 is 4.74 Å². The maximum atomic E-state index is 5.64. The van der Waals surface area contributed by atoms with E-state index in [0.29, 0.717) is 6.61 Å². The summed E-state index contributed by atoms with van der Waals surface area (Å²) in [6, 6.07) is 6.06. The molecule has 1 aromatic rings. The smallest absolute Gasteiger partial charge is 0.126 e. The first-order chi connectivity index (χ1) is 8.38. The third-order valence-electron chi connectivity index (χ3n) is 2.98.